The molecule has 0 aliphatic carbocycles. The van der Waals surface area contributed by atoms with Gasteiger partial charge in [-0.2, -0.15) is 0 Å². The molecule has 162 valence electrons. The van der Waals surface area contributed by atoms with Crippen LogP contribution in [-0.2, 0) is 11.2 Å². The molecule has 3 rings (SSSR count). The van der Waals surface area contributed by atoms with Crippen LogP contribution in [0.15, 0.2) is 77.3 Å². The smallest absolute Gasteiger partial charge is 0.259 e. The highest BCUT2D eigenvalue weighted by Gasteiger charge is 2.14. The molecule has 1 N–H and O–H groups in total. The van der Waals surface area contributed by atoms with Crippen molar-refractivity contribution in [3.05, 3.63) is 88.4 Å². The molecule has 0 aliphatic rings. The Balaban J connectivity index is 1.59. The first kappa shape index (κ1) is 22.8. The largest absolute Gasteiger partial charge is 0.492 e. The van der Waals surface area contributed by atoms with Crippen molar-refractivity contribution in [1.29, 1.82) is 0 Å². The maximum atomic E-state index is 12.9. The number of ether oxygens (including phenoxy) is 3. The van der Waals surface area contributed by atoms with E-state index in [1.54, 1.807) is 12.1 Å². The Morgan fingerprint density at radius 3 is 2.42 bits per heavy atom. The normalized spacial score (nSPS) is 10.5. The number of anilines is 1. The van der Waals surface area contributed by atoms with E-state index in [1.807, 2.05) is 55.5 Å². The van der Waals surface area contributed by atoms with Gasteiger partial charge in [0.1, 0.15) is 18.1 Å². The Hall–Kier alpha value is -2.83. The van der Waals surface area contributed by atoms with Gasteiger partial charge in [-0.3, -0.25) is 4.79 Å². The number of carbonyl (C=O) groups is 1. The maximum absolute atomic E-state index is 12.9. The Bertz CT molecular complexity index is 961. The minimum Gasteiger partial charge on any atom is -0.492 e. The molecule has 0 fully saturated rings. The van der Waals surface area contributed by atoms with Crippen molar-refractivity contribution in [1.82, 2.24) is 0 Å². The number of amides is 1. The van der Waals surface area contributed by atoms with E-state index in [9.17, 15) is 4.79 Å². The van der Waals surface area contributed by atoms with Gasteiger partial charge in [0.15, 0.2) is 0 Å². The Kier molecular flexibility index (Phi) is 8.94. The molecular formula is C25H26BrNO4. The fourth-order valence-corrected chi connectivity index (χ4v) is 3.29. The van der Waals surface area contributed by atoms with Gasteiger partial charge in [-0.1, -0.05) is 46.3 Å². The van der Waals surface area contributed by atoms with Crippen LogP contribution in [0, 0.1) is 0 Å². The highest BCUT2D eigenvalue weighted by atomic mass is 79.9. The lowest BCUT2D eigenvalue weighted by molar-refractivity contribution is 0.102. The summed E-state index contributed by atoms with van der Waals surface area (Å²) in [5.74, 6) is 1.04. The molecule has 3 aromatic carbocycles. The van der Waals surface area contributed by atoms with Crippen LogP contribution in [0.1, 0.15) is 22.8 Å². The average Bonchev–Trinajstić information content (AvgIpc) is 2.79. The molecule has 0 spiro atoms. The molecular weight excluding hydrogens is 458 g/mol. The third-order valence-electron chi connectivity index (χ3n) is 4.49. The second-order valence-electron chi connectivity index (χ2n) is 6.75. The van der Waals surface area contributed by atoms with Crippen LogP contribution < -0.4 is 14.8 Å². The van der Waals surface area contributed by atoms with E-state index >= 15 is 0 Å². The molecule has 0 heterocycles. The van der Waals surface area contributed by atoms with Gasteiger partial charge >= 0.3 is 0 Å². The monoisotopic (exact) mass is 483 g/mol. The molecule has 31 heavy (non-hydrogen) atoms. The van der Waals surface area contributed by atoms with Crippen molar-refractivity contribution in [2.24, 2.45) is 0 Å². The molecule has 0 saturated heterocycles. The number of hydrogen-bond donors (Lipinski definition) is 1. The Labute approximate surface area is 191 Å². The van der Waals surface area contributed by atoms with Crippen LogP contribution in [0.5, 0.6) is 11.5 Å². The number of rotatable bonds is 11. The molecule has 1 amide bonds. The summed E-state index contributed by atoms with van der Waals surface area (Å²) < 4.78 is 17.6. The van der Waals surface area contributed by atoms with Gasteiger partial charge in [0, 0.05) is 23.2 Å². The van der Waals surface area contributed by atoms with Gasteiger partial charge in [-0.15, -0.1) is 0 Å². The lowest BCUT2D eigenvalue weighted by Gasteiger charge is -2.13. The molecule has 0 radical (unpaired) electrons. The summed E-state index contributed by atoms with van der Waals surface area (Å²) in [4.78, 5) is 12.9. The van der Waals surface area contributed by atoms with Crippen molar-refractivity contribution in [3.63, 3.8) is 0 Å². The summed E-state index contributed by atoms with van der Waals surface area (Å²) >= 11 is 3.44. The van der Waals surface area contributed by atoms with Crippen molar-refractivity contribution in [2.75, 3.05) is 31.7 Å². The maximum Gasteiger partial charge on any atom is 0.259 e. The van der Waals surface area contributed by atoms with Crippen LogP contribution in [0.3, 0.4) is 0 Å². The summed E-state index contributed by atoms with van der Waals surface area (Å²) in [6, 6.07) is 22.8. The lowest BCUT2D eigenvalue weighted by Crippen LogP contribution is -2.14. The molecule has 5 nitrogen and oxygen atoms in total. The highest BCUT2D eigenvalue weighted by Crippen LogP contribution is 2.25. The van der Waals surface area contributed by atoms with Gasteiger partial charge < -0.3 is 19.5 Å². The zero-order valence-electron chi connectivity index (χ0n) is 17.5. The zero-order chi connectivity index (χ0) is 21.9. The van der Waals surface area contributed by atoms with Crippen molar-refractivity contribution >= 4 is 27.5 Å². The van der Waals surface area contributed by atoms with E-state index in [4.69, 9.17) is 14.2 Å². The standard InChI is InChI=1S/C25H26BrNO4/c1-2-29-16-17-30-22-11-9-21(10-12-22)27-25(28)23-18-20(26)8-13-24(23)31-15-14-19-6-4-3-5-7-19/h3-13,18H,2,14-17H2,1H3,(H,27,28). The number of hydrogen-bond acceptors (Lipinski definition) is 4. The highest BCUT2D eigenvalue weighted by molar-refractivity contribution is 9.10. The Morgan fingerprint density at radius 1 is 0.903 bits per heavy atom. The SMILES string of the molecule is CCOCCOc1ccc(NC(=O)c2cc(Br)ccc2OCCc2ccccc2)cc1. The molecule has 0 saturated carbocycles. The number of benzene rings is 3. The molecule has 0 aliphatic heterocycles. The van der Waals surface area contributed by atoms with E-state index in [2.05, 4.69) is 33.4 Å². The first-order valence-corrected chi connectivity index (χ1v) is 11.0. The molecule has 6 heteroatoms. The van der Waals surface area contributed by atoms with Gasteiger partial charge in [0.05, 0.1) is 18.8 Å². The number of carbonyl (C=O) groups excluding carboxylic acids is 1. The van der Waals surface area contributed by atoms with Gasteiger partial charge in [0.2, 0.25) is 0 Å². The van der Waals surface area contributed by atoms with Crippen molar-refractivity contribution in [2.45, 2.75) is 13.3 Å². The van der Waals surface area contributed by atoms with Crippen molar-refractivity contribution < 1.29 is 19.0 Å². The van der Waals surface area contributed by atoms with Gasteiger partial charge in [-0.25, -0.2) is 0 Å². The van der Waals surface area contributed by atoms with Crippen LogP contribution in [-0.4, -0.2) is 32.3 Å². The summed E-state index contributed by atoms with van der Waals surface area (Å²) in [6.07, 6.45) is 0.767. The second-order valence-corrected chi connectivity index (χ2v) is 7.66. The van der Waals surface area contributed by atoms with E-state index < -0.39 is 0 Å². The minimum absolute atomic E-state index is 0.235. The predicted octanol–water partition coefficient (Wildman–Crippen LogP) is 5.74. The third kappa shape index (κ3) is 7.42. The lowest BCUT2D eigenvalue weighted by atomic mass is 10.1. The fraction of sp³-hybridized carbons (Fsp3) is 0.240. The van der Waals surface area contributed by atoms with Gasteiger partial charge in [-0.05, 0) is 55.0 Å². The molecule has 0 aromatic heterocycles. The number of nitrogens with one attached hydrogen (secondary N) is 1. The predicted molar refractivity (Wildman–Crippen MR) is 126 cm³/mol. The zero-order valence-corrected chi connectivity index (χ0v) is 19.1. The van der Waals surface area contributed by atoms with Gasteiger partial charge in [0.25, 0.3) is 5.91 Å². The molecule has 0 unspecified atom stereocenters. The van der Waals surface area contributed by atoms with Crippen LogP contribution >= 0.6 is 15.9 Å². The second kappa shape index (κ2) is 12.1. The average molecular weight is 484 g/mol. The topological polar surface area (TPSA) is 56.8 Å². The molecule has 0 atom stereocenters. The minimum atomic E-state index is -0.235. The van der Waals surface area contributed by atoms with Crippen molar-refractivity contribution in [3.8, 4) is 11.5 Å². The quantitative estimate of drug-likeness (QED) is 0.353. The summed E-state index contributed by atoms with van der Waals surface area (Å²) in [6.45, 7) is 4.14. The van der Waals surface area contributed by atoms with E-state index in [0.717, 1.165) is 16.6 Å². The third-order valence-corrected chi connectivity index (χ3v) is 4.98. The van der Waals surface area contributed by atoms with E-state index in [0.29, 0.717) is 43.4 Å². The summed E-state index contributed by atoms with van der Waals surface area (Å²) in [5.41, 5.74) is 2.34. The first-order chi connectivity index (χ1) is 15.2. The molecule has 3 aromatic rings. The van der Waals surface area contributed by atoms with Crippen LogP contribution in [0.25, 0.3) is 0 Å². The molecule has 0 bridgehead atoms. The summed E-state index contributed by atoms with van der Waals surface area (Å²) in [7, 11) is 0. The Morgan fingerprint density at radius 2 is 1.68 bits per heavy atom. The number of halogens is 1. The van der Waals surface area contributed by atoms with E-state index in [-0.39, 0.29) is 5.91 Å². The van der Waals surface area contributed by atoms with Crippen LogP contribution in [0.2, 0.25) is 0 Å². The summed E-state index contributed by atoms with van der Waals surface area (Å²) in [5, 5.41) is 2.92. The van der Waals surface area contributed by atoms with E-state index in [1.165, 1.54) is 5.56 Å². The first-order valence-electron chi connectivity index (χ1n) is 10.2. The fourth-order valence-electron chi connectivity index (χ4n) is 2.92. The van der Waals surface area contributed by atoms with Crippen LogP contribution in [0.4, 0.5) is 5.69 Å².